The van der Waals surface area contributed by atoms with Gasteiger partial charge in [0.1, 0.15) is 6.26 Å². The highest BCUT2D eigenvalue weighted by atomic mass is 35.5. The molecule has 1 N–H and O–H groups in total. The van der Waals surface area contributed by atoms with Crippen molar-refractivity contribution in [2.24, 2.45) is 0 Å². The van der Waals surface area contributed by atoms with Crippen LogP contribution in [0, 0.1) is 0 Å². The van der Waals surface area contributed by atoms with Crippen LogP contribution in [0.2, 0.25) is 5.28 Å². The number of rotatable bonds is 1. The molecule has 0 bridgehead atoms. The van der Waals surface area contributed by atoms with E-state index in [1.54, 1.807) is 18.6 Å². The van der Waals surface area contributed by atoms with Gasteiger partial charge in [-0.25, -0.2) is 5.10 Å². The Kier molecular flexibility index (Phi) is 1.40. The maximum Gasteiger partial charge on any atom is 0.218 e. The number of H-pyrrole nitrogens is 1. The fraction of sp³-hybridized carbons (Fsp3) is 0. The maximum absolute atomic E-state index is 5.52. The zero-order valence-corrected chi connectivity index (χ0v) is 6.17. The van der Waals surface area contributed by atoms with Gasteiger partial charge in [-0.2, -0.15) is 10.1 Å². The molecule has 0 amide bonds. The number of hydrogen-bond donors (Lipinski definition) is 1. The summed E-state index contributed by atoms with van der Waals surface area (Å²) >= 11 is 5.52. The smallest absolute Gasteiger partial charge is 0.218 e. The van der Waals surface area contributed by atoms with Crippen LogP contribution < -0.4 is 0 Å². The second kappa shape index (κ2) is 2.39. The lowest BCUT2D eigenvalue weighted by Crippen LogP contribution is -1.74. The summed E-state index contributed by atoms with van der Waals surface area (Å²) in [6.45, 7) is 0. The Balaban J connectivity index is 2.45. The van der Waals surface area contributed by atoms with E-state index in [1.807, 2.05) is 0 Å². The van der Waals surface area contributed by atoms with E-state index < -0.39 is 0 Å². The maximum atomic E-state index is 5.52. The number of nitrogens with zero attached hydrogens (tertiary/aromatic N) is 2. The Morgan fingerprint density at radius 1 is 1.55 bits per heavy atom. The molecular weight excluding hydrogens is 166 g/mol. The quantitative estimate of drug-likeness (QED) is 0.707. The van der Waals surface area contributed by atoms with Crippen molar-refractivity contribution < 1.29 is 4.42 Å². The van der Waals surface area contributed by atoms with Gasteiger partial charge >= 0.3 is 0 Å². The number of aromatic amines is 1. The first-order chi connectivity index (χ1) is 5.36. The summed E-state index contributed by atoms with van der Waals surface area (Å²) < 4.78 is 4.84. The van der Waals surface area contributed by atoms with E-state index in [9.17, 15) is 0 Å². The second-order valence-corrected chi connectivity index (χ2v) is 2.32. The normalized spacial score (nSPS) is 10.3. The van der Waals surface area contributed by atoms with Gasteiger partial charge in [0, 0.05) is 0 Å². The molecule has 0 spiro atoms. The molecule has 0 aromatic carbocycles. The van der Waals surface area contributed by atoms with Gasteiger partial charge in [-0.15, -0.1) is 0 Å². The van der Waals surface area contributed by atoms with Crippen LogP contribution in [0.1, 0.15) is 0 Å². The molecule has 0 aliphatic rings. The molecule has 2 rings (SSSR count). The van der Waals surface area contributed by atoms with Crippen molar-refractivity contribution in [3.63, 3.8) is 0 Å². The lowest BCUT2D eigenvalue weighted by atomic mass is 10.3. The van der Waals surface area contributed by atoms with Crippen LogP contribution in [-0.4, -0.2) is 15.2 Å². The molecular formula is C6H4ClN3O. The first-order valence-corrected chi connectivity index (χ1v) is 3.34. The average Bonchev–Trinajstić information content (AvgIpc) is 2.55. The molecule has 5 heteroatoms. The van der Waals surface area contributed by atoms with Gasteiger partial charge in [-0.1, -0.05) is 0 Å². The first-order valence-electron chi connectivity index (χ1n) is 2.97. The highest BCUT2D eigenvalue weighted by Gasteiger charge is 2.03. The molecule has 0 fully saturated rings. The van der Waals surface area contributed by atoms with E-state index in [1.165, 1.54) is 0 Å². The molecule has 2 heterocycles. The van der Waals surface area contributed by atoms with Crippen LogP contribution in [0.5, 0.6) is 0 Å². The Morgan fingerprint density at radius 2 is 2.45 bits per heavy atom. The van der Waals surface area contributed by atoms with Gasteiger partial charge in [0.05, 0.1) is 11.8 Å². The Bertz CT molecular complexity index is 340. The zero-order chi connectivity index (χ0) is 7.68. The van der Waals surface area contributed by atoms with E-state index in [2.05, 4.69) is 15.2 Å². The second-order valence-electron chi connectivity index (χ2n) is 1.96. The molecule has 0 aliphatic carbocycles. The van der Waals surface area contributed by atoms with E-state index >= 15 is 0 Å². The fourth-order valence-corrected chi connectivity index (χ4v) is 0.885. The van der Waals surface area contributed by atoms with Crippen molar-refractivity contribution in [2.75, 3.05) is 0 Å². The van der Waals surface area contributed by atoms with Gasteiger partial charge < -0.3 is 4.42 Å². The topological polar surface area (TPSA) is 54.7 Å². The van der Waals surface area contributed by atoms with Gasteiger partial charge in [0.25, 0.3) is 0 Å². The minimum absolute atomic E-state index is 0.279. The Labute approximate surface area is 67.2 Å². The van der Waals surface area contributed by atoms with Crippen LogP contribution in [0.4, 0.5) is 0 Å². The highest BCUT2D eigenvalue weighted by Crippen LogP contribution is 2.15. The predicted molar refractivity (Wildman–Crippen MR) is 39.1 cm³/mol. The molecule has 0 aliphatic heterocycles. The summed E-state index contributed by atoms with van der Waals surface area (Å²) in [5, 5.41) is 6.63. The summed E-state index contributed by atoms with van der Waals surface area (Å²) in [4.78, 5) is 3.89. The number of hydrogen-bond acceptors (Lipinski definition) is 3. The average molecular weight is 170 g/mol. The van der Waals surface area contributed by atoms with E-state index in [-0.39, 0.29) is 5.28 Å². The van der Waals surface area contributed by atoms with Crippen molar-refractivity contribution in [3.8, 4) is 11.4 Å². The minimum atomic E-state index is 0.279. The summed E-state index contributed by atoms with van der Waals surface area (Å²) in [6.07, 6.45) is 3.11. The van der Waals surface area contributed by atoms with Crippen molar-refractivity contribution in [1.82, 2.24) is 15.2 Å². The van der Waals surface area contributed by atoms with Gasteiger partial charge in [-0.05, 0) is 17.7 Å². The molecule has 4 nitrogen and oxygen atoms in total. The summed E-state index contributed by atoms with van der Waals surface area (Å²) in [5.41, 5.74) is 0.813. The number of furan rings is 1. The van der Waals surface area contributed by atoms with Crippen LogP contribution in [0.3, 0.4) is 0 Å². The molecule has 2 aromatic heterocycles. The van der Waals surface area contributed by atoms with Crippen LogP contribution in [-0.2, 0) is 0 Å². The molecule has 0 saturated heterocycles. The summed E-state index contributed by atoms with van der Waals surface area (Å²) in [7, 11) is 0. The summed E-state index contributed by atoms with van der Waals surface area (Å²) in [5.74, 6) is 0.545. The van der Waals surface area contributed by atoms with E-state index in [0.717, 1.165) is 5.56 Å². The van der Waals surface area contributed by atoms with Crippen molar-refractivity contribution in [2.45, 2.75) is 0 Å². The molecule has 11 heavy (non-hydrogen) atoms. The minimum Gasteiger partial charge on any atom is -0.472 e. The molecule has 0 saturated carbocycles. The molecule has 0 unspecified atom stereocenters. The Morgan fingerprint density at radius 3 is 3.00 bits per heavy atom. The number of nitrogens with one attached hydrogen (secondary N) is 1. The molecule has 56 valence electrons. The fourth-order valence-electron chi connectivity index (χ4n) is 0.763. The standard InChI is InChI=1S/C6H4ClN3O/c7-6-8-5(9-10-6)4-1-2-11-3-4/h1-3H,(H,8,9,10). The summed E-state index contributed by atoms with van der Waals surface area (Å²) in [6, 6.07) is 1.76. The lowest BCUT2D eigenvalue weighted by Gasteiger charge is -1.80. The highest BCUT2D eigenvalue weighted by molar-refractivity contribution is 6.28. The van der Waals surface area contributed by atoms with Crippen LogP contribution in [0.25, 0.3) is 11.4 Å². The molecule has 0 radical (unpaired) electrons. The largest absolute Gasteiger partial charge is 0.472 e. The third-order valence-corrected chi connectivity index (χ3v) is 1.41. The Hall–Kier alpha value is -1.29. The van der Waals surface area contributed by atoms with E-state index in [0.29, 0.717) is 5.82 Å². The van der Waals surface area contributed by atoms with Crippen LogP contribution in [0.15, 0.2) is 23.0 Å². The molecule has 0 atom stereocenters. The SMILES string of the molecule is Clc1nc(-c2ccoc2)n[nH]1. The van der Waals surface area contributed by atoms with Gasteiger partial charge in [-0.3, -0.25) is 0 Å². The number of halogens is 1. The third kappa shape index (κ3) is 1.12. The molecule has 2 aromatic rings. The van der Waals surface area contributed by atoms with Crippen molar-refractivity contribution in [1.29, 1.82) is 0 Å². The van der Waals surface area contributed by atoms with Crippen LogP contribution >= 0.6 is 11.6 Å². The third-order valence-electron chi connectivity index (χ3n) is 1.24. The lowest BCUT2D eigenvalue weighted by molar-refractivity contribution is 0.568. The van der Waals surface area contributed by atoms with Crippen molar-refractivity contribution >= 4 is 11.6 Å². The monoisotopic (exact) mass is 169 g/mol. The number of aromatic nitrogens is 3. The predicted octanol–water partition coefficient (Wildman–Crippen LogP) is 1.72. The van der Waals surface area contributed by atoms with Gasteiger partial charge in [0.2, 0.25) is 5.28 Å². The zero-order valence-electron chi connectivity index (χ0n) is 5.41. The first kappa shape index (κ1) is 6.42. The van der Waals surface area contributed by atoms with Gasteiger partial charge in [0.15, 0.2) is 5.82 Å². The van der Waals surface area contributed by atoms with E-state index in [4.69, 9.17) is 16.0 Å². The van der Waals surface area contributed by atoms with Crippen molar-refractivity contribution in [3.05, 3.63) is 23.9 Å².